The first-order chi connectivity index (χ1) is 8.13. The molecule has 0 saturated heterocycles. The fraction of sp³-hybridized carbons (Fsp3) is 0.917. The summed E-state index contributed by atoms with van der Waals surface area (Å²) in [4.78, 5) is 11.6. The van der Waals surface area contributed by atoms with E-state index in [1.807, 2.05) is 0 Å². The first-order valence-electron chi connectivity index (χ1n) is 6.23. The smallest absolute Gasteiger partial charge is 0.220 e. The van der Waals surface area contributed by atoms with Crippen molar-refractivity contribution < 1.29 is 14.6 Å². The second-order valence-corrected chi connectivity index (χ2v) is 4.45. The number of carbonyl (C=O) groups is 1. The molecule has 5 heteroatoms. The molecule has 0 aliphatic rings. The number of amides is 1. The van der Waals surface area contributed by atoms with Crippen molar-refractivity contribution in [2.75, 3.05) is 26.9 Å². The summed E-state index contributed by atoms with van der Waals surface area (Å²) >= 11 is 0. The number of hydrogen-bond acceptors (Lipinski definition) is 4. The molecule has 0 radical (unpaired) electrons. The summed E-state index contributed by atoms with van der Waals surface area (Å²) in [6.07, 6.45) is 2.91. The summed E-state index contributed by atoms with van der Waals surface area (Å²) in [5, 5.41) is 11.9. The SMILES string of the molecule is COCCC(CO)NC(=O)CCC(C)CCN. The molecule has 1 amide bonds. The van der Waals surface area contributed by atoms with Crippen molar-refractivity contribution in [3.63, 3.8) is 0 Å². The Balaban J connectivity index is 3.74. The zero-order chi connectivity index (χ0) is 13.1. The molecule has 0 saturated carbocycles. The van der Waals surface area contributed by atoms with E-state index in [0.717, 1.165) is 12.8 Å². The summed E-state index contributed by atoms with van der Waals surface area (Å²) in [6.45, 7) is 3.24. The molecular weight excluding hydrogens is 220 g/mol. The van der Waals surface area contributed by atoms with Crippen LogP contribution in [0.2, 0.25) is 0 Å². The molecule has 0 aromatic heterocycles. The van der Waals surface area contributed by atoms with Gasteiger partial charge in [0.25, 0.3) is 0 Å². The Bertz CT molecular complexity index is 200. The van der Waals surface area contributed by atoms with Crippen LogP contribution in [0.4, 0.5) is 0 Å². The van der Waals surface area contributed by atoms with E-state index in [-0.39, 0.29) is 18.6 Å². The summed E-state index contributed by atoms with van der Waals surface area (Å²) < 4.78 is 4.91. The van der Waals surface area contributed by atoms with Gasteiger partial charge >= 0.3 is 0 Å². The number of hydrogen-bond donors (Lipinski definition) is 3. The Hall–Kier alpha value is -0.650. The van der Waals surface area contributed by atoms with Gasteiger partial charge in [-0.05, 0) is 31.7 Å². The van der Waals surface area contributed by atoms with Gasteiger partial charge in [0.2, 0.25) is 5.91 Å². The molecule has 2 atom stereocenters. The minimum atomic E-state index is -0.202. The highest BCUT2D eigenvalue weighted by molar-refractivity contribution is 5.76. The highest BCUT2D eigenvalue weighted by atomic mass is 16.5. The van der Waals surface area contributed by atoms with E-state index in [0.29, 0.717) is 31.9 Å². The number of carbonyl (C=O) groups excluding carboxylic acids is 1. The van der Waals surface area contributed by atoms with Gasteiger partial charge in [0.05, 0.1) is 12.6 Å². The maximum Gasteiger partial charge on any atom is 0.220 e. The minimum absolute atomic E-state index is 0.0102. The van der Waals surface area contributed by atoms with Gasteiger partial charge in [0, 0.05) is 20.1 Å². The standard InChI is InChI=1S/C12H26N2O3/c1-10(5-7-13)3-4-12(16)14-11(9-15)6-8-17-2/h10-11,15H,3-9,13H2,1-2H3,(H,14,16). The predicted molar refractivity (Wildman–Crippen MR) is 67.6 cm³/mol. The van der Waals surface area contributed by atoms with Crippen LogP contribution in [-0.2, 0) is 9.53 Å². The molecule has 0 fully saturated rings. The van der Waals surface area contributed by atoms with Gasteiger partial charge in [0.15, 0.2) is 0 Å². The molecule has 2 unspecified atom stereocenters. The molecule has 0 aromatic carbocycles. The third-order valence-electron chi connectivity index (χ3n) is 2.78. The molecule has 0 aliphatic carbocycles. The Morgan fingerprint density at radius 1 is 1.41 bits per heavy atom. The number of aliphatic hydroxyl groups is 1. The fourth-order valence-electron chi connectivity index (χ4n) is 1.58. The Morgan fingerprint density at radius 3 is 2.65 bits per heavy atom. The van der Waals surface area contributed by atoms with E-state index < -0.39 is 0 Å². The van der Waals surface area contributed by atoms with E-state index in [9.17, 15) is 4.79 Å². The minimum Gasteiger partial charge on any atom is -0.394 e. The number of aliphatic hydroxyl groups excluding tert-OH is 1. The monoisotopic (exact) mass is 246 g/mol. The normalized spacial score (nSPS) is 14.4. The molecule has 0 aromatic rings. The molecule has 5 nitrogen and oxygen atoms in total. The number of rotatable bonds is 10. The first kappa shape index (κ1) is 16.4. The molecule has 0 bridgehead atoms. The summed E-state index contributed by atoms with van der Waals surface area (Å²) in [6, 6.07) is -0.202. The maximum absolute atomic E-state index is 11.6. The highest BCUT2D eigenvalue weighted by Crippen LogP contribution is 2.09. The van der Waals surface area contributed by atoms with Crippen LogP contribution < -0.4 is 11.1 Å². The van der Waals surface area contributed by atoms with E-state index in [1.165, 1.54) is 0 Å². The van der Waals surface area contributed by atoms with E-state index >= 15 is 0 Å². The third-order valence-corrected chi connectivity index (χ3v) is 2.78. The summed E-state index contributed by atoms with van der Waals surface area (Å²) in [7, 11) is 1.60. The van der Waals surface area contributed by atoms with Gasteiger partial charge < -0.3 is 20.9 Å². The molecular formula is C12H26N2O3. The van der Waals surface area contributed by atoms with Crippen LogP contribution in [0.25, 0.3) is 0 Å². The largest absolute Gasteiger partial charge is 0.394 e. The average Bonchev–Trinajstić information content (AvgIpc) is 2.32. The van der Waals surface area contributed by atoms with Crippen LogP contribution in [0, 0.1) is 5.92 Å². The van der Waals surface area contributed by atoms with Crippen LogP contribution in [0.15, 0.2) is 0 Å². The zero-order valence-corrected chi connectivity index (χ0v) is 10.9. The molecule has 17 heavy (non-hydrogen) atoms. The van der Waals surface area contributed by atoms with E-state index in [2.05, 4.69) is 12.2 Å². The lowest BCUT2D eigenvalue weighted by molar-refractivity contribution is -0.122. The summed E-state index contributed by atoms with van der Waals surface area (Å²) in [5.74, 6) is 0.460. The average molecular weight is 246 g/mol. The van der Waals surface area contributed by atoms with Crippen LogP contribution in [0.1, 0.15) is 32.6 Å². The quantitative estimate of drug-likeness (QED) is 0.516. The number of methoxy groups -OCH3 is 1. The third kappa shape index (κ3) is 9.09. The second-order valence-electron chi connectivity index (χ2n) is 4.45. The van der Waals surface area contributed by atoms with Gasteiger partial charge in [-0.3, -0.25) is 4.79 Å². The zero-order valence-electron chi connectivity index (χ0n) is 10.9. The lowest BCUT2D eigenvalue weighted by Crippen LogP contribution is -2.38. The number of nitrogens with two attached hydrogens (primary N) is 1. The van der Waals surface area contributed by atoms with Crippen molar-refractivity contribution in [2.45, 2.75) is 38.6 Å². The topological polar surface area (TPSA) is 84.6 Å². The van der Waals surface area contributed by atoms with E-state index in [1.54, 1.807) is 7.11 Å². The van der Waals surface area contributed by atoms with Crippen molar-refractivity contribution in [3.05, 3.63) is 0 Å². The van der Waals surface area contributed by atoms with Crippen LogP contribution in [0.5, 0.6) is 0 Å². The van der Waals surface area contributed by atoms with Gasteiger partial charge in [-0.25, -0.2) is 0 Å². The van der Waals surface area contributed by atoms with Gasteiger partial charge in [-0.15, -0.1) is 0 Å². The number of ether oxygens (including phenoxy) is 1. The van der Waals surface area contributed by atoms with E-state index in [4.69, 9.17) is 15.6 Å². The molecule has 0 heterocycles. The van der Waals surface area contributed by atoms with Gasteiger partial charge in [-0.1, -0.05) is 6.92 Å². The Labute approximate surface area is 104 Å². The lowest BCUT2D eigenvalue weighted by Gasteiger charge is -2.16. The maximum atomic E-state index is 11.6. The predicted octanol–water partition coefficient (Wildman–Crippen LogP) is 0.265. The van der Waals surface area contributed by atoms with Crippen LogP contribution in [0.3, 0.4) is 0 Å². The lowest BCUT2D eigenvalue weighted by atomic mass is 10.0. The van der Waals surface area contributed by atoms with Crippen LogP contribution >= 0.6 is 0 Å². The van der Waals surface area contributed by atoms with Crippen molar-refractivity contribution in [1.82, 2.24) is 5.32 Å². The van der Waals surface area contributed by atoms with Crippen molar-refractivity contribution >= 4 is 5.91 Å². The molecule has 0 aliphatic heterocycles. The van der Waals surface area contributed by atoms with Crippen LogP contribution in [-0.4, -0.2) is 43.9 Å². The first-order valence-corrected chi connectivity index (χ1v) is 6.23. The number of nitrogens with one attached hydrogen (secondary N) is 1. The van der Waals surface area contributed by atoms with Gasteiger partial charge in [0.1, 0.15) is 0 Å². The van der Waals surface area contributed by atoms with Gasteiger partial charge in [-0.2, -0.15) is 0 Å². The Kier molecular flexibility index (Phi) is 10.1. The van der Waals surface area contributed by atoms with Crippen molar-refractivity contribution in [1.29, 1.82) is 0 Å². The molecule has 0 rings (SSSR count). The molecule has 102 valence electrons. The fourth-order valence-corrected chi connectivity index (χ4v) is 1.58. The van der Waals surface area contributed by atoms with Crippen molar-refractivity contribution in [3.8, 4) is 0 Å². The second kappa shape index (κ2) is 10.5. The molecule has 0 spiro atoms. The molecule has 4 N–H and O–H groups in total. The Morgan fingerprint density at radius 2 is 2.12 bits per heavy atom. The van der Waals surface area contributed by atoms with Crippen molar-refractivity contribution in [2.24, 2.45) is 11.7 Å². The highest BCUT2D eigenvalue weighted by Gasteiger charge is 2.12. The summed E-state index contributed by atoms with van der Waals surface area (Å²) in [5.41, 5.74) is 5.45.